The van der Waals surface area contributed by atoms with Gasteiger partial charge in [0.2, 0.25) is 5.91 Å². The van der Waals surface area contributed by atoms with Crippen LogP contribution in [0.3, 0.4) is 0 Å². The smallest absolute Gasteiger partial charge is 0.332 e. The van der Waals surface area contributed by atoms with Crippen LogP contribution in [0.15, 0.2) is 40.2 Å². The van der Waals surface area contributed by atoms with Gasteiger partial charge in [-0.3, -0.25) is 19.0 Å². The molecule has 0 saturated carbocycles. The van der Waals surface area contributed by atoms with E-state index in [9.17, 15) is 19.2 Å². The number of fused-ring (bicyclic) bond motifs is 1. The molecule has 0 spiro atoms. The van der Waals surface area contributed by atoms with Crippen LogP contribution in [-0.2, 0) is 35.0 Å². The summed E-state index contributed by atoms with van der Waals surface area (Å²) >= 11 is 0. The number of aryl methyl sites for hydroxylation is 3. The highest BCUT2D eigenvalue weighted by Gasteiger charge is 2.21. The van der Waals surface area contributed by atoms with Gasteiger partial charge in [-0.05, 0) is 12.5 Å². The molecule has 0 fully saturated rings. The van der Waals surface area contributed by atoms with Crippen molar-refractivity contribution in [3.8, 4) is 0 Å². The molecule has 1 N–H and O–H groups in total. The summed E-state index contributed by atoms with van der Waals surface area (Å²) in [5.74, 6) is -1.07. The Morgan fingerprint density at radius 1 is 1.17 bits per heavy atom. The summed E-state index contributed by atoms with van der Waals surface area (Å²) in [6.45, 7) is 1.44. The maximum absolute atomic E-state index is 12.8. The minimum absolute atomic E-state index is 0.0843. The molecule has 2 aromatic heterocycles. The summed E-state index contributed by atoms with van der Waals surface area (Å²) in [6, 6.07) is 6.67. The molecule has 10 heteroatoms. The first-order chi connectivity index (χ1) is 14.2. The molecule has 3 aromatic rings. The number of methoxy groups -OCH3 is 1. The van der Waals surface area contributed by atoms with Gasteiger partial charge in [-0.2, -0.15) is 0 Å². The molecule has 0 aliphatic carbocycles. The van der Waals surface area contributed by atoms with E-state index in [0.717, 1.165) is 10.1 Å². The van der Waals surface area contributed by atoms with Gasteiger partial charge in [-0.1, -0.05) is 29.8 Å². The average Bonchev–Trinajstić information content (AvgIpc) is 3.11. The number of hydrogen-bond acceptors (Lipinski definition) is 6. The number of aromatic nitrogens is 4. The van der Waals surface area contributed by atoms with Crippen LogP contribution in [-0.4, -0.2) is 37.7 Å². The van der Waals surface area contributed by atoms with Gasteiger partial charge in [0.25, 0.3) is 5.56 Å². The number of nitrogens with one attached hydrogen (secondary N) is 1. The number of esters is 1. The van der Waals surface area contributed by atoms with Crippen molar-refractivity contribution in [2.75, 3.05) is 7.11 Å². The van der Waals surface area contributed by atoms with Crippen molar-refractivity contribution in [1.29, 1.82) is 0 Å². The third-order valence-electron chi connectivity index (χ3n) is 4.92. The van der Waals surface area contributed by atoms with E-state index < -0.39 is 35.7 Å². The van der Waals surface area contributed by atoms with Crippen LogP contribution in [0.4, 0.5) is 0 Å². The summed E-state index contributed by atoms with van der Waals surface area (Å²) in [5, 5.41) is 2.73. The van der Waals surface area contributed by atoms with E-state index in [1.54, 1.807) is 19.2 Å². The van der Waals surface area contributed by atoms with Crippen LogP contribution in [0.2, 0.25) is 0 Å². The molecule has 2 heterocycles. The molecule has 30 heavy (non-hydrogen) atoms. The first-order valence-electron chi connectivity index (χ1n) is 9.26. The van der Waals surface area contributed by atoms with Crippen molar-refractivity contribution >= 4 is 23.0 Å². The molecule has 1 unspecified atom stereocenters. The molecule has 0 aliphatic heterocycles. The van der Waals surface area contributed by atoms with Gasteiger partial charge in [0.15, 0.2) is 11.2 Å². The molecule has 10 nitrogen and oxygen atoms in total. The van der Waals surface area contributed by atoms with Crippen LogP contribution in [0.5, 0.6) is 0 Å². The van der Waals surface area contributed by atoms with Gasteiger partial charge in [0, 0.05) is 14.1 Å². The maximum atomic E-state index is 12.8. The lowest BCUT2D eigenvalue weighted by Crippen LogP contribution is -2.44. The van der Waals surface area contributed by atoms with E-state index in [-0.39, 0.29) is 17.6 Å². The van der Waals surface area contributed by atoms with Gasteiger partial charge < -0.3 is 14.6 Å². The third kappa shape index (κ3) is 4.02. The predicted octanol–water partition coefficient (Wildman–Crippen LogP) is 0.163. The Morgan fingerprint density at radius 2 is 1.83 bits per heavy atom. The van der Waals surface area contributed by atoms with Crippen LogP contribution in [0.25, 0.3) is 11.2 Å². The number of carbonyl (C=O) groups is 2. The zero-order valence-corrected chi connectivity index (χ0v) is 17.2. The van der Waals surface area contributed by atoms with Crippen molar-refractivity contribution in [3.05, 3.63) is 62.6 Å². The van der Waals surface area contributed by atoms with Crippen LogP contribution < -0.4 is 16.6 Å². The number of ether oxygens (including phenoxy) is 1. The predicted molar refractivity (Wildman–Crippen MR) is 109 cm³/mol. The lowest BCUT2D eigenvalue weighted by Gasteiger charge is -2.19. The zero-order chi connectivity index (χ0) is 22.0. The number of imidazole rings is 1. The Balaban J connectivity index is 1.91. The van der Waals surface area contributed by atoms with Crippen LogP contribution in [0.1, 0.15) is 23.6 Å². The highest BCUT2D eigenvalue weighted by Crippen LogP contribution is 2.18. The van der Waals surface area contributed by atoms with Crippen LogP contribution in [0, 0.1) is 6.92 Å². The summed E-state index contributed by atoms with van der Waals surface area (Å²) in [4.78, 5) is 53.9. The quantitative estimate of drug-likeness (QED) is 0.576. The van der Waals surface area contributed by atoms with E-state index in [0.29, 0.717) is 5.56 Å². The molecule has 0 bridgehead atoms. The van der Waals surface area contributed by atoms with Crippen molar-refractivity contribution in [3.63, 3.8) is 0 Å². The maximum Gasteiger partial charge on any atom is 0.332 e. The van der Waals surface area contributed by atoms with Gasteiger partial charge in [0.1, 0.15) is 6.54 Å². The Morgan fingerprint density at radius 3 is 2.47 bits per heavy atom. The molecule has 0 aliphatic rings. The topological polar surface area (TPSA) is 117 Å². The second-order valence-electron chi connectivity index (χ2n) is 7.07. The number of amides is 1. The van der Waals surface area contributed by atoms with Crippen molar-refractivity contribution in [2.45, 2.75) is 25.9 Å². The molecule has 1 aromatic carbocycles. The Hall–Kier alpha value is -3.69. The van der Waals surface area contributed by atoms with Crippen molar-refractivity contribution < 1.29 is 14.3 Å². The monoisotopic (exact) mass is 413 g/mol. The second-order valence-corrected chi connectivity index (χ2v) is 7.07. The SMILES string of the molecule is COC(=O)CC(NC(=O)Cn1c(=O)c2c(ncn2C)n(C)c1=O)c1ccc(C)cc1. The minimum atomic E-state index is -0.662. The van der Waals surface area contributed by atoms with E-state index in [4.69, 9.17) is 4.74 Å². The number of nitrogens with zero attached hydrogens (tertiary/aromatic N) is 4. The summed E-state index contributed by atoms with van der Waals surface area (Å²) < 4.78 is 8.29. The fourth-order valence-electron chi connectivity index (χ4n) is 3.22. The van der Waals surface area contributed by atoms with E-state index >= 15 is 0 Å². The number of rotatable bonds is 6. The lowest BCUT2D eigenvalue weighted by atomic mass is 10.0. The van der Waals surface area contributed by atoms with Gasteiger partial charge in [0.05, 0.1) is 25.9 Å². The standard InChI is InChI=1S/C20H23N5O5/c1-12-5-7-13(8-6-12)14(9-16(27)30-4)22-15(26)10-25-19(28)17-18(21-11-23(17)2)24(3)20(25)29/h5-8,11,14H,9-10H2,1-4H3,(H,22,26). The van der Waals surface area contributed by atoms with E-state index in [1.165, 1.54) is 29.6 Å². The molecule has 0 saturated heterocycles. The highest BCUT2D eigenvalue weighted by atomic mass is 16.5. The average molecular weight is 413 g/mol. The summed E-state index contributed by atoms with van der Waals surface area (Å²) in [6.07, 6.45) is 1.35. The van der Waals surface area contributed by atoms with Gasteiger partial charge >= 0.3 is 11.7 Å². The van der Waals surface area contributed by atoms with E-state index in [1.807, 2.05) is 19.1 Å². The summed E-state index contributed by atoms with van der Waals surface area (Å²) in [5.41, 5.74) is 0.939. The molecular weight excluding hydrogens is 390 g/mol. The minimum Gasteiger partial charge on any atom is -0.469 e. The molecule has 0 radical (unpaired) electrons. The first-order valence-corrected chi connectivity index (χ1v) is 9.26. The number of benzene rings is 1. The fourth-order valence-corrected chi connectivity index (χ4v) is 3.22. The first kappa shape index (κ1) is 21.0. The molecular formula is C20H23N5O5. The molecule has 1 amide bonds. The lowest BCUT2D eigenvalue weighted by molar-refractivity contribution is -0.141. The number of hydrogen-bond donors (Lipinski definition) is 1. The molecule has 158 valence electrons. The normalized spacial score (nSPS) is 12.0. The van der Waals surface area contributed by atoms with Gasteiger partial charge in [-0.25, -0.2) is 14.3 Å². The van der Waals surface area contributed by atoms with Gasteiger partial charge in [-0.15, -0.1) is 0 Å². The third-order valence-corrected chi connectivity index (χ3v) is 4.92. The Labute approximate surface area is 171 Å². The fraction of sp³-hybridized carbons (Fsp3) is 0.350. The molecule has 3 rings (SSSR count). The van der Waals surface area contributed by atoms with E-state index in [2.05, 4.69) is 10.3 Å². The van der Waals surface area contributed by atoms with Crippen molar-refractivity contribution in [2.24, 2.45) is 14.1 Å². The number of carbonyl (C=O) groups excluding carboxylic acids is 2. The Kier molecular flexibility index (Phi) is 5.86. The van der Waals surface area contributed by atoms with Crippen LogP contribution >= 0.6 is 0 Å². The molecule has 1 atom stereocenters. The zero-order valence-electron chi connectivity index (χ0n) is 17.2. The highest BCUT2D eigenvalue weighted by molar-refractivity contribution is 5.78. The second kappa shape index (κ2) is 8.36. The summed E-state index contributed by atoms with van der Waals surface area (Å²) in [7, 11) is 4.38. The Bertz CT molecular complexity index is 1220. The van der Waals surface area contributed by atoms with Crippen molar-refractivity contribution in [1.82, 2.24) is 24.0 Å². The largest absolute Gasteiger partial charge is 0.469 e.